The Morgan fingerprint density at radius 2 is 1.83 bits per heavy atom. The molecular weight excluding hydrogens is 228 g/mol. The summed E-state index contributed by atoms with van der Waals surface area (Å²) >= 11 is 0. The molecule has 1 aliphatic heterocycles. The van der Waals surface area contributed by atoms with E-state index in [0.29, 0.717) is 0 Å². The minimum atomic E-state index is 0.751. The fourth-order valence-electron chi connectivity index (χ4n) is 2.25. The number of anilines is 1. The zero-order chi connectivity index (χ0) is 12.4. The first-order valence-electron chi connectivity index (χ1n) is 6.20. The Hall–Kier alpha value is -1.81. The number of hydrogen-bond acceptors (Lipinski definition) is 4. The molecule has 18 heavy (non-hydrogen) atoms. The van der Waals surface area contributed by atoms with Crippen molar-refractivity contribution in [3.63, 3.8) is 0 Å². The van der Waals surface area contributed by atoms with Crippen LogP contribution in [0.2, 0.25) is 0 Å². The Morgan fingerprint density at radius 1 is 1.11 bits per heavy atom. The molecule has 3 rings (SSSR count). The van der Waals surface area contributed by atoms with Crippen molar-refractivity contribution in [2.75, 3.05) is 31.2 Å². The second kappa shape index (κ2) is 4.82. The molecule has 2 heterocycles. The number of nitrogens with zero attached hydrogens (tertiary/aromatic N) is 2. The maximum atomic E-state index is 5.51. The van der Waals surface area contributed by atoms with Gasteiger partial charge in [0.1, 0.15) is 5.69 Å². The van der Waals surface area contributed by atoms with Crippen LogP contribution >= 0.6 is 0 Å². The number of rotatable bonds is 2. The van der Waals surface area contributed by atoms with Crippen molar-refractivity contribution in [3.05, 3.63) is 35.9 Å². The molecule has 1 aliphatic rings. The van der Waals surface area contributed by atoms with Gasteiger partial charge in [0.05, 0.1) is 13.2 Å². The maximum Gasteiger partial charge on any atom is 0.230 e. The minimum absolute atomic E-state index is 0.751. The van der Waals surface area contributed by atoms with Gasteiger partial charge in [0.15, 0.2) is 0 Å². The molecule has 1 aromatic heterocycles. The topological polar surface area (TPSA) is 38.5 Å². The number of aromatic nitrogens is 1. The molecule has 0 N–H and O–H groups in total. The van der Waals surface area contributed by atoms with Crippen LogP contribution in [0.25, 0.3) is 11.3 Å². The molecule has 2 aromatic rings. The van der Waals surface area contributed by atoms with Crippen LogP contribution in [0.1, 0.15) is 5.56 Å². The van der Waals surface area contributed by atoms with Crippen molar-refractivity contribution in [1.82, 2.24) is 5.16 Å². The van der Waals surface area contributed by atoms with E-state index in [-0.39, 0.29) is 0 Å². The second-order valence-corrected chi connectivity index (χ2v) is 4.43. The summed E-state index contributed by atoms with van der Waals surface area (Å²) in [5, 5.41) is 4.20. The third-order valence-corrected chi connectivity index (χ3v) is 3.24. The monoisotopic (exact) mass is 244 g/mol. The molecule has 0 spiro atoms. The lowest BCUT2D eigenvalue weighted by Crippen LogP contribution is -2.36. The van der Waals surface area contributed by atoms with E-state index >= 15 is 0 Å². The van der Waals surface area contributed by atoms with Gasteiger partial charge in [-0.25, -0.2) is 0 Å². The molecule has 1 saturated heterocycles. The lowest BCUT2D eigenvalue weighted by Gasteiger charge is -2.26. The summed E-state index contributed by atoms with van der Waals surface area (Å²) in [4.78, 5) is 2.19. The van der Waals surface area contributed by atoms with Crippen molar-refractivity contribution in [2.45, 2.75) is 6.92 Å². The summed E-state index contributed by atoms with van der Waals surface area (Å²) in [5.41, 5.74) is 3.12. The van der Waals surface area contributed by atoms with Gasteiger partial charge in [0.2, 0.25) is 5.88 Å². The fraction of sp³-hybridized carbons (Fsp3) is 0.357. The number of hydrogen-bond donors (Lipinski definition) is 0. The maximum absolute atomic E-state index is 5.51. The summed E-state index contributed by atoms with van der Waals surface area (Å²) < 4.78 is 10.9. The first kappa shape index (κ1) is 11.3. The molecule has 94 valence electrons. The molecular formula is C14H16N2O2. The third kappa shape index (κ3) is 1.99. The number of ether oxygens (including phenoxy) is 1. The molecule has 0 radical (unpaired) electrons. The van der Waals surface area contributed by atoms with Crippen molar-refractivity contribution >= 4 is 5.88 Å². The van der Waals surface area contributed by atoms with Gasteiger partial charge in [-0.2, -0.15) is 0 Å². The molecule has 0 aliphatic carbocycles. The predicted octanol–water partition coefficient (Wildman–Crippen LogP) is 2.49. The zero-order valence-corrected chi connectivity index (χ0v) is 10.4. The summed E-state index contributed by atoms with van der Waals surface area (Å²) in [5.74, 6) is 0.872. The van der Waals surface area contributed by atoms with Crippen LogP contribution in [-0.4, -0.2) is 31.5 Å². The lowest BCUT2D eigenvalue weighted by molar-refractivity contribution is 0.120. The Bertz CT molecular complexity index is 516. The molecule has 0 amide bonds. The summed E-state index contributed by atoms with van der Waals surface area (Å²) in [7, 11) is 0. The van der Waals surface area contributed by atoms with Crippen LogP contribution in [0.5, 0.6) is 0 Å². The predicted molar refractivity (Wildman–Crippen MR) is 69.7 cm³/mol. The molecule has 0 saturated carbocycles. The standard InChI is InChI=1S/C14H16N2O2/c1-11-13(12-5-3-2-4-6-12)15-18-14(11)16-7-9-17-10-8-16/h2-6H,7-10H2,1H3. The lowest BCUT2D eigenvalue weighted by atomic mass is 10.1. The van der Waals surface area contributed by atoms with Gasteiger partial charge in [0, 0.05) is 24.2 Å². The van der Waals surface area contributed by atoms with E-state index in [1.54, 1.807) is 0 Å². The Morgan fingerprint density at radius 3 is 2.56 bits per heavy atom. The van der Waals surface area contributed by atoms with Gasteiger partial charge in [0.25, 0.3) is 0 Å². The molecule has 0 atom stereocenters. The molecule has 4 nitrogen and oxygen atoms in total. The van der Waals surface area contributed by atoms with Crippen molar-refractivity contribution in [3.8, 4) is 11.3 Å². The highest BCUT2D eigenvalue weighted by atomic mass is 16.5. The van der Waals surface area contributed by atoms with Gasteiger partial charge in [-0.3, -0.25) is 0 Å². The van der Waals surface area contributed by atoms with E-state index in [0.717, 1.165) is 49.0 Å². The highest BCUT2D eigenvalue weighted by molar-refractivity contribution is 5.67. The van der Waals surface area contributed by atoms with E-state index in [1.165, 1.54) is 0 Å². The van der Waals surface area contributed by atoms with Crippen LogP contribution in [0.3, 0.4) is 0 Å². The summed E-state index contributed by atoms with van der Waals surface area (Å²) in [6.45, 7) is 5.29. The first-order chi connectivity index (χ1) is 8.86. The van der Waals surface area contributed by atoms with E-state index in [2.05, 4.69) is 17.0 Å². The first-order valence-corrected chi connectivity index (χ1v) is 6.20. The SMILES string of the molecule is Cc1c(-c2ccccc2)noc1N1CCOCC1. The smallest absolute Gasteiger partial charge is 0.230 e. The highest BCUT2D eigenvalue weighted by Crippen LogP contribution is 2.30. The quantitative estimate of drug-likeness (QED) is 0.813. The Kier molecular flexibility index (Phi) is 3.02. The minimum Gasteiger partial charge on any atom is -0.378 e. The largest absolute Gasteiger partial charge is 0.378 e. The van der Waals surface area contributed by atoms with Gasteiger partial charge >= 0.3 is 0 Å². The van der Waals surface area contributed by atoms with Crippen LogP contribution in [-0.2, 0) is 4.74 Å². The molecule has 1 aromatic carbocycles. The van der Waals surface area contributed by atoms with Gasteiger partial charge in [-0.15, -0.1) is 0 Å². The van der Waals surface area contributed by atoms with Crippen LogP contribution in [0.15, 0.2) is 34.9 Å². The molecule has 0 bridgehead atoms. The van der Waals surface area contributed by atoms with E-state index in [4.69, 9.17) is 9.26 Å². The van der Waals surface area contributed by atoms with Crippen molar-refractivity contribution in [2.24, 2.45) is 0 Å². The Balaban J connectivity index is 1.92. The number of benzene rings is 1. The fourth-order valence-corrected chi connectivity index (χ4v) is 2.25. The van der Waals surface area contributed by atoms with E-state index < -0.39 is 0 Å². The Labute approximate surface area is 106 Å². The van der Waals surface area contributed by atoms with Gasteiger partial charge < -0.3 is 14.2 Å². The highest BCUT2D eigenvalue weighted by Gasteiger charge is 2.20. The van der Waals surface area contributed by atoms with Crippen LogP contribution in [0, 0.1) is 6.92 Å². The average Bonchev–Trinajstić information content (AvgIpc) is 2.83. The summed E-state index contributed by atoms with van der Waals surface area (Å²) in [6.07, 6.45) is 0. The van der Waals surface area contributed by atoms with Gasteiger partial charge in [-0.1, -0.05) is 35.5 Å². The molecule has 0 unspecified atom stereocenters. The molecule has 4 heteroatoms. The van der Waals surface area contributed by atoms with E-state index in [9.17, 15) is 0 Å². The van der Waals surface area contributed by atoms with Crippen LogP contribution < -0.4 is 4.90 Å². The third-order valence-electron chi connectivity index (χ3n) is 3.24. The average molecular weight is 244 g/mol. The van der Waals surface area contributed by atoms with Crippen LogP contribution in [0.4, 0.5) is 5.88 Å². The van der Waals surface area contributed by atoms with Crippen molar-refractivity contribution in [1.29, 1.82) is 0 Å². The van der Waals surface area contributed by atoms with Gasteiger partial charge in [-0.05, 0) is 6.92 Å². The van der Waals surface area contributed by atoms with E-state index in [1.807, 2.05) is 30.3 Å². The number of morpholine rings is 1. The van der Waals surface area contributed by atoms with Crippen molar-refractivity contribution < 1.29 is 9.26 Å². The molecule has 1 fully saturated rings. The second-order valence-electron chi connectivity index (χ2n) is 4.43. The summed E-state index contributed by atoms with van der Waals surface area (Å²) in [6, 6.07) is 10.1. The normalized spacial score (nSPS) is 15.9. The zero-order valence-electron chi connectivity index (χ0n) is 10.4.